The Morgan fingerprint density at radius 2 is 2.33 bits per heavy atom. The van der Waals surface area contributed by atoms with Gasteiger partial charge in [0.1, 0.15) is 0 Å². The summed E-state index contributed by atoms with van der Waals surface area (Å²) in [6, 6.07) is 0. The van der Waals surface area contributed by atoms with E-state index in [2.05, 4.69) is 17.2 Å². The molecule has 2 heterocycles. The number of thiophene rings is 1. The van der Waals surface area contributed by atoms with E-state index in [-0.39, 0.29) is 12.0 Å². The maximum absolute atomic E-state index is 12.5. The van der Waals surface area contributed by atoms with E-state index in [1.54, 1.807) is 11.3 Å². The molecule has 1 atom stereocenters. The van der Waals surface area contributed by atoms with Crippen LogP contribution in [0.25, 0.3) is 10.2 Å². The molecule has 112 valence electrons. The van der Waals surface area contributed by atoms with Crippen LogP contribution in [0.2, 0.25) is 0 Å². The number of aryl methyl sites for hydroxylation is 2. The quantitative estimate of drug-likeness (QED) is 0.931. The van der Waals surface area contributed by atoms with Gasteiger partial charge in [0.05, 0.1) is 5.39 Å². The van der Waals surface area contributed by atoms with Crippen LogP contribution < -0.4 is 5.56 Å². The molecule has 0 fully saturated rings. The van der Waals surface area contributed by atoms with Crippen molar-refractivity contribution in [3.8, 4) is 0 Å². The molecule has 6 nitrogen and oxygen atoms in total. The highest BCUT2D eigenvalue weighted by atomic mass is 32.1. The van der Waals surface area contributed by atoms with Crippen LogP contribution in [0.15, 0.2) is 4.79 Å². The molecule has 1 unspecified atom stereocenters. The van der Waals surface area contributed by atoms with Crippen molar-refractivity contribution in [3.05, 3.63) is 20.8 Å². The Labute approximate surface area is 125 Å². The number of carboxylic acids is 1. The Kier molecular flexibility index (Phi) is 3.75. The van der Waals surface area contributed by atoms with Crippen LogP contribution >= 0.6 is 11.3 Å². The zero-order chi connectivity index (χ0) is 15.0. The Morgan fingerprint density at radius 1 is 1.52 bits per heavy atom. The fourth-order valence-corrected chi connectivity index (χ4v) is 4.14. The Hall–Kier alpha value is -1.76. The van der Waals surface area contributed by atoms with Gasteiger partial charge in [-0.15, -0.1) is 16.4 Å². The molecule has 1 aliphatic rings. The van der Waals surface area contributed by atoms with E-state index in [0.29, 0.717) is 29.1 Å². The number of carboxylic acid groups (broad SMARTS) is 1. The van der Waals surface area contributed by atoms with Crippen molar-refractivity contribution in [2.45, 2.75) is 45.6 Å². The zero-order valence-corrected chi connectivity index (χ0v) is 12.7. The summed E-state index contributed by atoms with van der Waals surface area (Å²) in [6.07, 6.45) is 3.45. The van der Waals surface area contributed by atoms with Gasteiger partial charge in [-0.05, 0) is 37.2 Å². The first-order chi connectivity index (χ1) is 10.1. The van der Waals surface area contributed by atoms with Crippen LogP contribution in [0.5, 0.6) is 0 Å². The average Bonchev–Trinajstić information content (AvgIpc) is 2.79. The molecule has 7 heteroatoms. The average molecular weight is 307 g/mol. The SMILES string of the molecule is CC1CCc2c(sc3nnn(CCCC(=O)O)c(=O)c23)C1. The van der Waals surface area contributed by atoms with Crippen molar-refractivity contribution in [3.63, 3.8) is 0 Å². The number of carbonyl (C=O) groups is 1. The van der Waals surface area contributed by atoms with Crippen molar-refractivity contribution in [2.75, 3.05) is 0 Å². The summed E-state index contributed by atoms with van der Waals surface area (Å²) in [5, 5.41) is 17.5. The summed E-state index contributed by atoms with van der Waals surface area (Å²) in [5.74, 6) is -0.213. The molecule has 1 aliphatic carbocycles. The number of fused-ring (bicyclic) bond motifs is 3. The van der Waals surface area contributed by atoms with Gasteiger partial charge in [0, 0.05) is 17.8 Å². The lowest BCUT2D eigenvalue weighted by Crippen LogP contribution is -2.25. The maximum atomic E-state index is 12.5. The molecule has 0 aromatic carbocycles. The number of nitrogens with zero attached hydrogens (tertiary/aromatic N) is 3. The fraction of sp³-hybridized carbons (Fsp3) is 0.571. The summed E-state index contributed by atoms with van der Waals surface area (Å²) >= 11 is 1.57. The third-order valence-electron chi connectivity index (χ3n) is 3.95. The van der Waals surface area contributed by atoms with E-state index in [9.17, 15) is 9.59 Å². The summed E-state index contributed by atoms with van der Waals surface area (Å²) in [5.41, 5.74) is 1.01. The maximum Gasteiger partial charge on any atom is 0.303 e. The van der Waals surface area contributed by atoms with Crippen molar-refractivity contribution in [1.82, 2.24) is 15.0 Å². The lowest BCUT2D eigenvalue weighted by atomic mass is 9.89. The second kappa shape index (κ2) is 5.55. The Bertz CT molecular complexity index is 750. The van der Waals surface area contributed by atoms with Gasteiger partial charge < -0.3 is 5.11 Å². The molecule has 1 N–H and O–H groups in total. The van der Waals surface area contributed by atoms with E-state index in [1.807, 2.05) is 0 Å². The number of aliphatic carboxylic acids is 1. The Balaban J connectivity index is 1.96. The van der Waals surface area contributed by atoms with Gasteiger partial charge in [0.15, 0.2) is 4.83 Å². The normalized spacial score (nSPS) is 17.9. The van der Waals surface area contributed by atoms with Crippen molar-refractivity contribution < 1.29 is 9.90 Å². The van der Waals surface area contributed by atoms with Crippen molar-refractivity contribution in [1.29, 1.82) is 0 Å². The highest BCUT2D eigenvalue weighted by Crippen LogP contribution is 2.35. The number of aromatic nitrogens is 3. The number of hydrogen-bond acceptors (Lipinski definition) is 5. The van der Waals surface area contributed by atoms with Gasteiger partial charge in [-0.25, -0.2) is 4.68 Å². The van der Waals surface area contributed by atoms with Gasteiger partial charge in [0.2, 0.25) is 0 Å². The second-order valence-corrected chi connectivity index (χ2v) is 6.73. The molecule has 0 spiro atoms. The number of hydrogen-bond donors (Lipinski definition) is 1. The predicted octanol–water partition coefficient (Wildman–Crippen LogP) is 1.84. The van der Waals surface area contributed by atoms with Gasteiger partial charge in [-0.1, -0.05) is 12.1 Å². The van der Waals surface area contributed by atoms with Crippen LogP contribution in [-0.2, 0) is 24.2 Å². The molecule has 0 aliphatic heterocycles. The van der Waals surface area contributed by atoms with Crippen LogP contribution in [0.1, 0.15) is 36.6 Å². The van der Waals surface area contributed by atoms with E-state index in [0.717, 1.165) is 24.8 Å². The molecule has 2 aromatic heterocycles. The molecule has 2 aromatic rings. The minimum absolute atomic E-state index is 0.0332. The molecule has 0 amide bonds. The number of rotatable bonds is 4. The van der Waals surface area contributed by atoms with Crippen LogP contribution in [0.4, 0.5) is 0 Å². The van der Waals surface area contributed by atoms with Gasteiger partial charge in [0.25, 0.3) is 5.56 Å². The summed E-state index contributed by atoms with van der Waals surface area (Å²) < 4.78 is 1.30. The van der Waals surface area contributed by atoms with Gasteiger partial charge in [-0.2, -0.15) is 0 Å². The van der Waals surface area contributed by atoms with Gasteiger partial charge in [-0.3, -0.25) is 9.59 Å². The van der Waals surface area contributed by atoms with Crippen molar-refractivity contribution in [2.24, 2.45) is 5.92 Å². The molecule has 0 bridgehead atoms. The standard InChI is InChI=1S/C14H17N3O3S/c1-8-4-5-9-10(7-8)21-13-12(9)14(20)17(16-15-13)6-2-3-11(18)19/h8H,2-7H2,1H3,(H,18,19). The molecule has 3 rings (SSSR count). The molecule has 0 radical (unpaired) electrons. The van der Waals surface area contributed by atoms with E-state index in [1.165, 1.54) is 9.56 Å². The third-order valence-corrected chi connectivity index (χ3v) is 5.08. The minimum Gasteiger partial charge on any atom is -0.481 e. The van der Waals surface area contributed by atoms with Crippen LogP contribution in [-0.4, -0.2) is 26.1 Å². The lowest BCUT2D eigenvalue weighted by Gasteiger charge is -2.17. The third kappa shape index (κ3) is 2.70. The molecule has 0 saturated carbocycles. The van der Waals surface area contributed by atoms with Gasteiger partial charge >= 0.3 is 5.97 Å². The van der Waals surface area contributed by atoms with Crippen molar-refractivity contribution >= 4 is 27.5 Å². The molecule has 21 heavy (non-hydrogen) atoms. The molecule has 0 saturated heterocycles. The highest BCUT2D eigenvalue weighted by molar-refractivity contribution is 7.18. The smallest absolute Gasteiger partial charge is 0.303 e. The Morgan fingerprint density at radius 3 is 3.10 bits per heavy atom. The largest absolute Gasteiger partial charge is 0.481 e. The first-order valence-electron chi connectivity index (χ1n) is 7.16. The van der Waals surface area contributed by atoms with Crippen LogP contribution in [0.3, 0.4) is 0 Å². The topological polar surface area (TPSA) is 85.1 Å². The summed E-state index contributed by atoms with van der Waals surface area (Å²) in [7, 11) is 0. The monoisotopic (exact) mass is 307 g/mol. The highest BCUT2D eigenvalue weighted by Gasteiger charge is 2.23. The first kappa shape index (κ1) is 14.2. The summed E-state index contributed by atoms with van der Waals surface area (Å²) in [6.45, 7) is 2.53. The van der Waals surface area contributed by atoms with Crippen LogP contribution in [0, 0.1) is 5.92 Å². The first-order valence-corrected chi connectivity index (χ1v) is 7.97. The lowest BCUT2D eigenvalue weighted by molar-refractivity contribution is -0.137. The minimum atomic E-state index is -0.862. The fourth-order valence-electron chi connectivity index (χ4n) is 2.82. The molecular weight excluding hydrogens is 290 g/mol. The zero-order valence-electron chi connectivity index (χ0n) is 11.8. The second-order valence-electron chi connectivity index (χ2n) is 5.65. The van der Waals surface area contributed by atoms with E-state index >= 15 is 0 Å². The summed E-state index contributed by atoms with van der Waals surface area (Å²) in [4.78, 5) is 25.1. The predicted molar refractivity (Wildman–Crippen MR) is 79.7 cm³/mol. The van der Waals surface area contributed by atoms with E-state index < -0.39 is 5.97 Å². The molecular formula is C14H17N3O3S. The van der Waals surface area contributed by atoms with E-state index in [4.69, 9.17) is 5.11 Å².